The molecule has 1 aromatic rings. The number of hydrogen-bond donors (Lipinski definition) is 0. The van der Waals surface area contributed by atoms with Crippen LogP contribution in [0.3, 0.4) is 0 Å². The highest BCUT2D eigenvalue weighted by molar-refractivity contribution is 4.86. The van der Waals surface area contributed by atoms with Crippen molar-refractivity contribution >= 4 is 0 Å². The van der Waals surface area contributed by atoms with Crippen molar-refractivity contribution in [3.8, 4) is 0 Å². The SMILES string of the molecule is CCCCCCCCCC[n+]1ccn(C(C)C)c1CCC. The fourth-order valence-electron chi connectivity index (χ4n) is 3.06. The lowest BCUT2D eigenvalue weighted by Crippen LogP contribution is -2.37. The highest BCUT2D eigenvalue weighted by atomic mass is 15.2. The first kappa shape index (κ1) is 18.3. The Hall–Kier alpha value is -0.790. The monoisotopic (exact) mass is 293 g/mol. The molecule has 1 rings (SSSR count). The molecule has 21 heavy (non-hydrogen) atoms. The van der Waals surface area contributed by atoms with E-state index in [2.05, 4.69) is 49.2 Å². The molecule has 0 bridgehead atoms. The van der Waals surface area contributed by atoms with E-state index >= 15 is 0 Å². The van der Waals surface area contributed by atoms with E-state index < -0.39 is 0 Å². The first-order chi connectivity index (χ1) is 10.2. The summed E-state index contributed by atoms with van der Waals surface area (Å²) in [6.45, 7) is 10.3. The van der Waals surface area contributed by atoms with Gasteiger partial charge >= 0.3 is 0 Å². The number of nitrogens with zero attached hydrogens (tertiary/aromatic N) is 2. The topological polar surface area (TPSA) is 8.81 Å². The van der Waals surface area contributed by atoms with Crippen molar-refractivity contribution in [2.24, 2.45) is 0 Å². The van der Waals surface area contributed by atoms with Crippen molar-refractivity contribution in [1.29, 1.82) is 0 Å². The molecule has 0 saturated carbocycles. The fourth-order valence-corrected chi connectivity index (χ4v) is 3.06. The molecule has 0 aliphatic heterocycles. The van der Waals surface area contributed by atoms with Gasteiger partial charge < -0.3 is 0 Å². The molecule has 1 aromatic heterocycles. The van der Waals surface area contributed by atoms with Crippen LogP contribution in [0, 0.1) is 0 Å². The molecule has 0 unspecified atom stereocenters. The predicted molar refractivity (Wildman–Crippen MR) is 91.6 cm³/mol. The third-order valence-electron chi connectivity index (χ3n) is 4.32. The maximum Gasteiger partial charge on any atom is 0.256 e. The first-order valence-corrected chi connectivity index (χ1v) is 9.29. The Morgan fingerprint density at radius 2 is 1.52 bits per heavy atom. The third-order valence-corrected chi connectivity index (χ3v) is 4.32. The lowest BCUT2D eigenvalue weighted by Gasteiger charge is -2.07. The maximum absolute atomic E-state index is 2.49. The van der Waals surface area contributed by atoms with Crippen molar-refractivity contribution in [3.63, 3.8) is 0 Å². The summed E-state index contributed by atoms with van der Waals surface area (Å²) in [5.74, 6) is 1.51. The van der Waals surface area contributed by atoms with Crippen LogP contribution in [0.1, 0.15) is 97.3 Å². The van der Waals surface area contributed by atoms with Crippen LogP contribution in [0.15, 0.2) is 12.4 Å². The van der Waals surface area contributed by atoms with Gasteiger partial charge in [0.1, 0.15) is 12.4 Å². The molecule has 1 heterocycles. The van der Waals surface area contributed by atoms with E-state index in [0.29, 0.717) is 6.04 Å². The smallest absolute Gasteiger partial charge is 0.234 e. The molecule has 122 valence electrons. The highest BCUT2D eigenvalue weighted by Gasteiger charge is 2.17. The van der Waals surface area contributed by atoms with Crippen LogP contribution in [-0.4, -0.2) is 4.57 Å². The lowest BCUT2D eigenvalue weighted by atomic mass is 10.1. The summed E-state index contributed by atoms with van der Waals surface area (Å²) < 4.78 is 4.93. The second kappa shape index (κ2) is 10.9. The van der Waals surface area contributed by atoms with Gasteiger partial charge in [0, 0.05) is 6.42 Å². The van der Waals surface area contributed by atoms with Crippen molar-refractivity contribution in [1.82, 2.24) is 4.57 Å². The fraction of sp³-hybridized carbons (Fsp3) is 0.842. The number of hydrogen-bond acceptors (Lipinski definition) is 0. The molecule has 2 heteroatoms. The summed E-state index contributed by atoms with van der Waals surface area (Å²) in [5, 5.41) is 0. The van der Waals surface area contributed by atoms with Crippen molar-refractivity contribution in [3.05, 3.63) is 18.2 Å². The molecule has 0 spiro atoms. The van der Waals surface area contributed by atoms with Gasteiger partial charge in [0.15, 0.2) is 0 Å². The van der Waals surface area contributed by atoms with E-state index in [4.69, 9.17) is 0 Å². The Morgan fingerprint density at radius 1 is 0.905 bits per heavy atom. The second-order valence-corrected chi connectivity index (χ2v) is 6.63. The first-order valence-electron chi connectivity index (χ1n) is 9.29. The van der Waals surface area contributed by atoms with E-state index in [0.717, 1.165) is 0 Å². The molecule has 0 radical (unpaired) electrons. The van der Waals surface area contributed by atoms with Crippen LogP contribution in [0.2, 0.25) is 0 Å². The minimum atomic E-state index is 0.575. The summed E-state index contributed by atoms with van der Waals surface area (Å²) in [6.07, 6.45) is 18.2. The van der Waals surface area contributed by atoms with Gasteiger partial charge in [-0.3, -0.25) is 0 Å². The average Bonchev–Trinajstić information content (AvgIpc) is 2.85. The molecule has 0 aliphatic rings. The van der Waals surface area contributed by atoms with Crippen LogP contribution >= 0.6 is 0 Å². The zero-order valence-corrected chi connectivity index (χ0v) is 14.9. The third kappa shape index (κ3) is 6.67. The molecule has 0 aromatic carbocycles. The Labute approximate surface area is 132 Å². The Kier molecular flexibility index (Phi) is 9.45. The number of rotatable bonds is 12. The van der Waals surface area contributed by atoms with Gasteiger partial charge in [-0.05, 0) is 33.1 Å². The zero-order chi connectivity index (χ0) is 15.5. The number of unbranched alkanes of at least 4 members (excludes halogenated alkanes) is 7. The molecule has 0 amide bonds. The van der Waals surface area contributed by atoms with Crippen LogP contribution in [0.5, 0.6) is 0 Å². The maximum atomic E-state index is 2.49. The van der Waals surface area contributed by atoms with Gasteiger partial charge in [-0.2, -0.15) is 0 Å². The number of imidazole rings is 1. The molecular weight excluding hydrogens is 256 g/mol. The van der Waals surface area contributed by atoms with Crippen molar-refractivity contribution in [2.75, 3.05) is 0 Å². The summed E-state index contributed by atoms with van der Waals surface area (Å²) in [4.78, 5) is 0. The molecular formula is C19H37N2+. The summed E-state index contributed by atoms with van der Waals surface area (Å²) in [5.41, 5.74) is 0. The van der Waals surface area contributed by atoms with E-state index in [9.17, 15) is 0 Å². The van der Waals surface area contributed by atoms with Crippen LogP contribution < -0.4 is 4.57 Å². The summed E-state index contributed by atoms with van der Waals surface area (Å²) in [6, 6.07) is 0.575. The van der Waals surface area contributed by atoms with Crippen LogP contribution in [0.25, 0.3) is 0 Å². The van der Waals surface area contributed by atoms with E-state index in [1.54, 1.807) is 0 Å². The van der Waals surface area contributed by atoms with Gasteiger partial charge in [0.2, 0.25) is 0 Å². The zero-order valence-electron chi connectivity index (χ0n) is 14.9. The molecule has 0 aliphatic carbocycles. The number of aromatic nitrogens is 2. The van der Waals surface area contributed by atoms with Crippen molar-refractivity contribution < 1.29 is 4.57 Å². The Morgan fingerprint density at radius 3 is 2.10 bits per heavy atom. The summed E-state index contributed by atoms with van der Waals surface area (Å²) >= 11 is 0. The molecule has 2 nitrogen and oxygen atoms in total. The molecule has 0 fully saturated rings. The van der Waals surface area contributed by atoms with Gasteiger partial charge in [-0.1, -0.05) is 52.4 Å². The quantitative estimate of drug-likeness (QED) is 0.358. The minimum absolute atomic E-state index is 0.575. The van der Waals surface area contributed by atoms with E-state index in [-0.39, 0.29) is 0 Å². The van der Waals surface area contributed by atoms with E-state index in [1.165, 1.54) is 76.6 Å². The molecule has 0 N–H and O–H groups in total. The normalized spacial score (nSPS) is 11.5. The van der Waals surface area contributed by atoms with Crippen LogP contribution in [-0.2, 0) is 13.0 Å². The highest BCUT2D eigenvalue weighted by Crippen LogP contribution is 2.11. The Bertz CT molecular complexity index is 366. The average molecular weight is 294 g/mol. The molecule has 0 saturated heterocycles. The van der Waals surface area contributed by atoms with Crippen molar-refractivity contribution in [2.45, 2.75) is 104 Å². The standard InChI is InChI=1S/C19H37N2/c1-5-7-8-9-10-11-12-13-15-20-16-17-21(18(3)4)19(20)14-6-2/h16-18H,5-15H2,1-4H3/q+1. The second-order valence-electron chi connectivity index (χ2n) is 6.63. The van der Waals surface area contributed by atoms with E-state index in [1.807, 2.05) is 0 Å². The van der Waals surface area contributed by atoms with Gasteiger partial charge in [0.25, 0.3) is 5.82 Å². The van der Waals surface area contributed by atoms with Gasteiger partial charge in [-0.15, -0.1) is 0 Å². The van der Waals surface area contributed by atoms with Crippen LogP contribution in [0.4, 0.5) is 0 Å². The largest absolute Gasteiger partial charge is 0.256 e. The Balaban J connectivity index is 2.28. The summed E-state index contributed by atoms with van der Waals surface area (Å²) in [7, 11) is 0. The lowest BCUT2D eigenvalue weighted by molar-refractivity contribution is -0.704. The van der Waals surface area contributed by atoms with Gasteiger partial charge in [-0.25, -0.2) is 9.13 Å². The minimum Gasteiger partial charge on any atom is -0.234 e. The van der Waals surface area contributed by atoms with Gasteiger partial charge in [0.05, 0.1) is 12.6 Å². The predicted octanol–water partition coefficient (Wildman–Crippen LogP) is 5.45. The molecule has 0 atom stereocenters. The number of aryl methyl sites for hydroxylation is 1.